The minimum Gasteiger partial charge on any atom is -0.394 e. The quantitative estimate of drug-likeness (QED) is 0.647. The Morgan fingerprint density at radius 2 is 2.00 bits per heavy atom. The second-order valence-electron chi connectivity index (χ2n) is 7.48. The van der Waals surface area contributed by atoms with Crippen LogP contribution in [0, 0.1) is 11.8 Å². The summed E-state index contributed by atoms with van der Waals surface area (Å²) in [5.74, 6) is 1.16. The monoisotopic (exact) mass is 376 g/mol. The summed E-state index contributed by atoms with van der Waals surface area (Å²) < 4.78 is 13.3. The van der Waals surface area contributed by atoms with E-state index >= 15 is 0 Å². The molecule has 0 bridgehead atoms. The number of imidazole rings is 1. The normalized spacial score (nSPS) is 31.7. The fourth-order valence-corrected chi connectivity index (χ4v) is 4.26. The van der Waals surface area contributed by atoms with Crippen molar-refractivity contribution in [1.82, 2.24) is 19.5 Å². The SMILES string of the molecule is Nc1nc(N2CCOCC2)c2ncn([C@@H]3O[C@H](CO)[C@@H](O)[C@H]3C3CC3)c2n1. The van der Waals surface area contributed by atoms with Gasteiger partial charge in [-0.1, -0.05) is 0 Å². The number of hydrogen-bond acceptors (Lipinski definition) is 9. The average molecular weight is 376 g/mol. The second-order valence-corrected chi connectivity index (χ2v) is 7.48. The standard InChI is InChI=1S/C17H24N6O4/c18-17-20-14(22-3-5-26-6-4-22)12-15(21-17)23(8-19-12)16-11(9-1-2-9)13(25)10(7-24)27-16/h8-11,13,16,24-25H,1-7H2,(H2,18,20,21)/t10-,11-,13-,16-/m1/s1. The van der Waals surface area contributed by atoms with Crippen LogP contribution in [-0.2, 0) is 9.47 Å². The molecule has 3 aliphatic rings. The van der Waals surface area contributed by atoms with Crippen molar-refractivity contribution in [2.24, 2.45) is 11.8 Å². The molecular formula is C17H24N6O4. The van der Waals surface area contributed by atoms with E-state index in [1.165, 1.54) is 0 Å². The smallest absolute Gasteiger partial charge is 0.224 e. The Bertz CT molecular complexity index is 834. The molecule has 4 atom stereocenters. The van der Waals surface area contributed by atoms with Gasteiger partial charge in [0.05, 0.1) is 32.3 Å². The first-order chi connectivity index (χ1) is 13.2. The van der Waals surface area contributed by atoms with Crippen molar-refractivity contribution in [2.45, 2.75) is 31.3 Å². The van der Waals surface area contributed by atoms with Crippen molar-refractivity contribution in [1.29, 1.82) is 0 Å². The van der Waals surface area contributed by atoms with Gasteiger partial charge in [-0.05, 0) is 18.8 Å². The van der Waals surface area contributed by atoms with Crippen LogP contribution in [0.5, 0.6) is 0 Å². The van der Waals surface area contributed by atoms with Gasteiger partial charge in [0, 0.05) is 19.0 Å². The van der Waals surface area contributed by atoms with Crippen molar-refractivity contribution in [2.75, 3.05) is 43.5 Å². The Kier molecular flexibility index (Phi) is 4.15. The molecular weight excluding hydrogens is 352 g/mol. The minimum absolute atomic E-state index is 0.0948. The largest absolute Gasteiger partial charge is 0.394 e. The van der Waals surface area contributed by atoms with E-state index in [9.17, 15) is 10.2 Å². The predicted octanol–water partition coefficient (Wildman–Crippen LogP) is -0.478. The van der Waals surface area contributed by atoms with E-state index in [1.54, 1.807) is 6.33 Å². The molecule has 2 aliphatic heterocycles. The highest BCUT2D eigenvalue weighted by molar-refractivity contribution is 5.84. The van der Waals surface area contributed by atoms with Crippen LogP contribution in [0.4, 0.5) is 11.8 Å². The highest BCUT2D eigenvalue weighted by atomic mass is 16.5. The third kappa shape index (κ3) is 2.83. The van der Waals surface area contributed by atoms with Crippen molar-refractivity contribution in [3.05, 3.63) is 6.33 Å². The van der Waals surface area contributed by atoms with Gasteiger partial charge in [-0.25, -0.2) is 4.98 Å². The lowest BCUT2D eigenvalue weighted by molar-refractivity contribution is -0.0455. The molecule has 0 radical (unpaired) electrons. The number of nitrogens with zero attached hydrogens (tertiary/aromatic N) is 5. The summed E-state index contributed by atoms with van der Waals surface area (Å²) in [5, 5.41) is 20.2. The molecule has 1 saturated carbocycles. The predicted molar refractivity (Wildman–Crippen MR) is 96.0 cm³/mol. The number of ether oxygens (including phenoxy) is 2. The Morgan fingerprint density at radius 1 is 1.22 bits per heavy atom. The molecule has 10 heteroatoms. The Balaban J connectivity index is 1.57. The van der Waals surface area contributed by atoms with Crippen LogP contribution in [0.3, 0.4) is 0 Å². The van der Waals surface area contributed by atoms with Gasteiger partial charge >= 0.3 is 0 Å². The number of hydrogen-bond donors (Lipinski definition) is 3. The fourth-order valence-electron chi connectivity index (χ4n) is 4.26. The zero-order valence-corrected chi connectivity index (χ0v) is 14.9. The van der Waals surface area contributed by atoms with Gasteiger partial charge in [-0.2, -0.15) is 9.97 Å². The molecule has 4 heterocycles. The van der Waals surface area contributed by atoms with E-state index in [-0.39, 0.29) is 18.5 Å². The Morgan fingerprint density at radius 3 is 2.70 bits per heavy atom. The van der Waals surface area contributed by atoms with Crippen LogP contribution in [0.15, 0.2) is 6.33 Å². The number of aliphatic hydroxyl groups is 2. The maximum atomic E-state index is 10.6. The molecule has 27 heavy (non-hydrogen) atoms. The van der Waals surface area contributed by atoms with Crippen LogP contribution < -0.4 is 10.6 Å². The Hall–Kier alpha value is -2.01. The highest BCUT2D eigenvalue weighted by Crippen LogP contribution is 2.50. The maximum Gasteiger partial charge on any atom is 0.224 e. The Labute approximate surface area is 155 Å². The van der Waals surface area contributed by atoms with E-state index in [0.29, 0.717) is 49.2 Å². The molecule has 5 rings (SSSR count). The van der Waals surface area contributed by atoms with Crippen LogP contribution in [0.2, 0.25) is 0 Å². The van der Waals surface area contributed by atoms with Gasteiger partial charge < -0.3 is 30.3 Å². The van der Waals surface area contributed by atoms with E-state index in [1.807, 2.05) is 4.57 Å². The summed E-state index contributed by atoms with van der Waals surface area (Å²) in [6.07, 6.45) is 2.06. The molecule has 0 unspecified atom stereocenters. The first-order valence-electron chi connectivity index (χ1n) is 9.44. The summed E-state index contributed by atoms with van der Waals surface area (Å²) in [4.78, 5) is 15.5. The molecule has 4 N–H and O–H groups in total. The lowest BCUT2D eigenvalue weighted by Crippen LogP contribution is -2.37. The highest BCUT2D eigenvalue weighted by Gasteiger charge is 2.51. The van der Waals surface area contributed by atoms with Gasteiger partial charge in [0.15, 0.2) is 17.0 Å². The number of nitrogen functional groups attached to an aromatic ring is 1. The van der Waals surface area contributed by atoms with Crippen molar-refractivity contribution in [3.63, 3.8) is 0 Å². The number of anilines is 2. The molecule has 2 saturated heterocycles. The fraction of sp³-hybridized carbons (Fsp3) is 0.706. The molecule has 0 amide bonds. The summed E-state index contributed by atoms with van der Waals surface area (Å²) in [5.41, 5.74) is 7.24. The van der Waals surface area contributed by atoms with Crippen LogP contribution in [0.1, 0.15) is 19.1 Å². The van der Waals surface area contributed by atoms with Crippen molar-refractivity contribution < 1.29 is 19.7 Å². The second kappa shape index (κ2) is 6.55. The van der Waals surface area contributed by atoms with E-state index in [2.05, 4.69) is 19.9 Å². The summed E-state index contributed by atoms with van der Waals surface area (Å²) in [6, 6.07) is 0. The number of morpholine rings is 1. The average Bonchev–Trinajstić information content (AvgIpc) is 3.35. The van der Waals surface area contributed by atoms with Gasteiger partial charge in [0.1, 0.15) is 12.3 Å². The van der Waals surface area contributed by atoms with E-state index in [4.69, 9.17) is 15.2 Å². The zero-order valence-electron chi connectivity index (χ0n) is 14.9. The first-order valence-corrected chi connectivity index (χ1v) is 9.44. The summed E-state index contributed by atoms with van der Waals surface area (Å²) in [7, 11) is 0. The molecule has 1 aliphatic carbocycles. The topological polar surface area (TPSA) is 132 Å². The van der Waals surface area contributed by atoms with Crippen LogP contribution in [0.25, 0.3) is 11.2 Å². The number of aromatic nitrogens is 4. The number of nitrogens with two attached hydrogens (primary N) is 1. The molecule has 2 aromatic heterocycles. The van der Waals surface area contributed by atoms with E-state index in [0.717, 1.165) is 12.8 Å². The zero-order chi connectivity index (χ0) is 18.5. The van der Waals surface area contributed by atoms with Gasteiger partial charge in [-0.15, -0.1) is 0 Å². The van der Waals surface area contributed by atoms with Crippen LogP contribution >= 0.6 is 0 Å². The van der Waals surface area contributed by atoms with Crippen molar-refractivity contribution >= 4 is 22.9 Å². The maximum absolute atomic E-state index is 10.6. The van der Waals surface area contributed by atoms with Gasteiger partial charge in [-0.3, -0.25) is 4.57 Å². The number of fused-ring (bicyclic) bond motifs is 1. The molecule has 2 aromatic rings. The summed E-state index contributed by atoms with van der Waals surface area (Å²) >= 11 is 0. The third-order valence-electron chi connectivity index (χ3n) is 5.77. The lowest BCUT2D eigenvalue weighted by atomic mass is 9.94. The molecule has 0 spiro atoms. The van der Waals surface area contributed by atoms with Gasteiger partial charge in [0.25, 0.3) is 0 Å². The van der Waals surface area contributed by atoms with Crippen LogP contribution in [-0.4, -0.2) is 74.9 Å². The lowest BCUT2D eigenvalue weighted by Gasteiger charge is -2.28. The third-order valence-corrected chi connectivity index (χ3v) is 5.77. The molecule has 10 nitrogen and oxygen atoms in total. The minimum atomic E-state index is -0.706. The first kappa shape index (κ1) is 17.1. The van der Waals surface area contributed by atoms with E-state index < -0.39 is 18.4 Å². The van der Waals surface area contributed by atoms with Crippen molar-refractivity contribution in [3.8, 4) is 0 Å². The molecule has 146 valence electrons. The molecule has 3 fully saturated rings. The number of rotatable bonds is 4. The summed E-state index contributed by atoms with van der Waals surface area (Å²) in [6.45, 7) is 2.48. The number of aliphatic hydroxyl groups excluding tert-OH is 2. The van der Waals surface area contributed by atoms with Gasteiger partial charge in [0.2, 0.25) is 5.95 Å². The molecule has 0 aromatic carbocycles.